The zero-order valence-electron chi connectivity index (χ0n) is 13.1. The molecule has 0 aliphatic heterocycles. The third-order valence-electron chi connectivity index (χ3n) is 2.90. The van der Waals surface area contributed by atoms with Gasteiger partial charge in [-0.2, -0.15) is 0 Å². The molecule has 0 unspecified atom stereocenters. The minimum Gasteiger partial charge on any atom is -0.448 e. The fraction of sp³-hybridized carbons (Fsp3) is 0.188. The van der Waals surface area contributed by atoms with E-state index < -0.39 is 18.0 Å². The highest BCUT2D eigenvalue weighted by molar-refractivity contribution is 5.97. The summed E-state index contributed by atoms with van der Waals surface area (Å²) in [7, 11) is 0. The molecule has 2 rings (SSSR count). The van der Waals surface area contributed by atoms with Crippen molar-refractivity contribution in [2.45, 2.75) is 20.0 Å². The first-order valence-electron chi connectivity index (χ1n) is 7.11. The molecule has 0 radical (unpaired) electrons. The lowest BCUT2D eigenvalue weighted by molar-refractivity contribution is -0.123. The van der Waals surface area contributed by atoms with Crippen LogP contribution in [0.5, 0.6) is 0 Å². The van der Waals surface area contributed by atoms with E-state index in [0.717, 1.165) is 0 Å². The Morgan fingerprint density at radius 3 is 2.21 bits per heavy atom. The maximum atomic E-state index is 12.0. The predicted molar refractivity (Wildman–Crippen MR) is 86.3 cm³/mol. The number of nitrogens with zero attached hydrogens (tertiary/aromatic N) is 2. The van der Waals surface area contributed by atoms with Crippen molar-refractivity contribution < 1.29 is 19.1 Å². The van der Waals surface area contributed by atoms with Crippen molar-refractivity contribution in [3.05, 3.63) is 48.5 Å². The van der Waals surface area contributed by atoms with E-state index in [1.807, 2.05) is 0 Å². The van der Waals surface area contributed by atoms with Gasteiger partial charge in [0.2, 0.25) is 5.91 Å². The summed E-state index contributed by atoms with van der Waals surface area (Å²) < 4.78 is 5.04. The number of nitrogens with one attached hydrogen (secondary N) is 2. The van der Waals surface area contributed by atoms with Gasteiger partial charge in [0.1, 0.15) is 0 Å². The van der Waals surface area contributed by atoms with Crippen LogP contribution in [0.3, 0.4) is 0 Å². The standard InChI is InChI=1S/C16H16N4O4/c1-10(24-16(23)14-9-17-7-8-18-14)15(22)20-13-5-3-12(4-6-13)19-11(2)21/h3-10H,1-2H3,(H,19,21)(H,20,22)/t10-/m0/s1. The van der Waals surface area contributed by atoms with Gasteiger partial charge in [-0.1, -0.05) is 0 Å². The summed E-state index contributed by atoms with van der Waals surface area (Å²) in [6.07, 6.45) is 3.04. The zero-order chi connectivity index (χ0) is 17.5. The second kappa shape index (κ2) is 7.82. The highest BCUT2D eigenvalue weighted by atomic mass is 16.5. The molecule has 0 saturated heterocycles. The second-order valence-electron chi connectivity index (χ2n) is 4.89. The SMILES string of the molecule is CC(=O)Nc1ccc(NC(=O)[C@H](C)OC(=O)c2cnccn2)cc1. The molecular weight excluding hydrogens is 312 g/mol. The molecular formula is C16H16N4O4. The number of anilines is 2. The van der Waals surface area contributed by atoms with E-state index in [1.165, 1.54) is 32.4 Å². The van der Waals surface area contributed by atoms with Gasteiger partial charge in [-0.15, -0.1) is 0 Å². The van der Waals surface area contributed by atoms with Crippen LogP contribution in [0.2, 0.25) is 0 Å². The Labute approximate surface area is 138 Å². The van der Waals surface area contributed by atoms with E-state index in [0.29, 0.717) is 11.4 Å². The molecule has 1 atom stereocenters. The fourth-order valence-electron chi connectivity index (χ4n) is 1.76. The Hall–Kier alpha value is -3.29. The molecule has 0 spiro atoms. The Kier molecular flexibility index (Phi) is 5.56. The lowest BCUT2D eigenvalue weighted by atomic mass is 10.2. The topological polar surface area (TPSA) is 110 Å². The monoisotopic (exact) mass is 328 g/mol. The van der Waals surface area contributed by atoms with Crippen LogP contribution in [0.15, 0.2) is 42.9 Å². The molecule has 124 valence electrons. The van der Waals surface area contributed by atoms with Crippen molar-refractivity contribution in [2.75, 3.05) is 10.6 Å². The number of esters is 1. The molecule has 0 bridgehead atoms. The van der Waals surface area contributed by atoms with E-state index in [9.17, 15) is 14.4 Å². The molecule has 1 aromatic heterocycles. The van der Waals surface area contributed by atoms with Gasteiger partial charge < -0.3 is 15.4 Å². The molecule has 0 fully saturated rings. The molecule has 2 aromatic rings. The van der Waals surface area contributed by atoms with Crippen LogP contribution in [-0.4, -0.2) is 33.9 Å². The summed E-state index contributed by atoms with van der Waals surface area (Å²) in [6.45, 7) is 2.86. The molecule has 1 aromatic carbocycles. The quantitative estimate of drug-likeness (QED) is 0.807. The third-order valence-corrected chi connectivity index (χ3v) is 2.90. The van der Waals surface area contributed by atoms with Crippen LogP contribution < -0.4 is 10.6 Å². The maximum Gasteiger partial charge on any atom is 0.359 e. The van der Waals surface area contributed by atoms with Crippen molar-refractivity contribution in [3.8, 4) is 0 Å². The number of aromatic nitrogens is 2. The Morgan fingerprint density at radius 1 is 1.04 bits per heavy atom. The lowest BCUT2D eigenvalue weighted by Crippen LogP contribution is -2.30. The largest absolute Gasteiger partial charge is 0.448 e. The molecule has 2 amide bonds. The fourth-order valence-corrected chi connectivity index (χ4v) is 1.76. The van der Waals surface area contributed by atoms with Crippen LogP contribution in [0.4, 0.5) is 11.4 Å². The van der Waals surface area contributed by atoms with E-state index in [4.69, 9.17) is 4.74 Å². The van der Waals surface area contributed by atoms with Gasteiger partial charge in [-0.3, -0.25) is 14.6 Å². The van der Waals surface area contributed by atoms with E-state index in [2.05, 4.69) is 20.6 Å². The zero-order valence-corrected chi connectivity index (χ0v) is 13.1. The van der Waals surface area contributed by atoms with Crippen molar-refractivity contribution in [1.82, 2.24) is 9.97 Å². The average Bonchev–Trinajstić information content (AvgIpc) is 2.56. The molecule has 1 heterocycles. The van der Waals surface area contributed by atoms with Gasteiger partial charge in [0, 0.05) is 30.7 Å². The number of amides is 2. The summed E-state index contributed by atoms with van der Waals surface area (Å²) in [5.74, 6) is -1.40. The summed E-state index contributed by atoms with van der Waals surface area (Å²) in [6, 6.07) is 6.54. The molecule has 2 N–H and O–H groups in total. The normalized spacial score (nSPS) is 11.2. The van der Waals surface area contributed by atoms with Gasteiger partial charge in [0.25, 0.3) is 5.91 Å². The summed E-state index contributed by atoms with van der Waals surface area (Å²) >= 11 is 0. The highest BCUT2D eigenvalue weighted by Crippen LogP contribution is 2.14. The van der Waals surface area contributed by atoms with Gasteiger partial charge in [0.15, 0.2) is 11.8 Å². The number of carbonyl (C=O) groups is 3. The number of hydrogen-bond donors (Lipinski definition) is 2. The third kappa shape index (κ3) is 4.87. The van der Waals surface area contributed by atoms with Crippen LogP contribution in [0.25, 0.3) is 0 Å². The van der Waals surface area contributed by atoms with Crippen LogP contribution in [0.1, 0.15) is 24.3 Å². The molecule has 24 heavy (non-hydrogen) atoms. The molecule has 0 saturated carbocycles. The number of ether oxygens (including phenoxy) is 1. The average molecular weight is 328 g/mol. The number of benzene rings is 1. The first-order valence-corrected chi connectivity index (χ1v) is 7.11. The van der Waals surface area contributed by atoms with Gasteiger partial charge in [-0.05, 0) is 31.2 Å². The Balaban J connectivity index is 1.91. The summed E-state index contributed by atoms with van der Waals surface area (Å²) in [4.78, 5) is 42.4. The van der Waals surface area contributed by atoms with Gasteiger partial charge in [-0.25, -0.2) is 9.78 Å². The minimum atomic E-state index is -1.01. The van der Waals surface area contributed by atoms with Gasteiger partial charge in [0.05, 0.1) is 6.20 Å². The second-order valence-corrected chi connectivity index (χ2v) is 4.89. The van der Waals surface area contributed by atoms with Crippen molar-refractivity contribution in [3.63, 3.8) is 0 Å². The Morgan fingerprint density at radius 2 is 1.67 bits per heavy atom. The summed E-state index contributed by atoms with van der Waals surface area (Å²) in [5.41, 5.74) is 1.15. The smallest absolute Gasteiger partial charge is 0.359 e. The van der Waals surface area contributed by atoms with Crippen molar-refractivity contribution in [2.24, 2.45) is 0 Å². The predicted octanol–water partition coefficient (Wildman–Crippen LogP) is 1.62. The van der Waals surface area contributed by atoms with E-state index >= 15 is 0 Å². The van der Waals surface area contributed by atoms with Gasteiger partial charge >= 0.3 is 5.97 Å². The van der Waals surface area contributed by atoms with Crippen LogP contribution >= 0.6 is 0 Å². The van der Waals surface area contributed by atoms with E-state index in [1.54, 1.807) is 24.3 Å². The number of rotatable bonds is 5. The first kappa shape index (κ1) is 17.1. The van der Waals surface area contributed by atoms with Crippen molar-refractivity contribution >= 4 is 29.2 Å². The number of hydrogen-bond acceptors (Lipinski definition) is 6. The minimum absolute atomic E-state index is 0.0248. The molecule has 8 heteroatoms. The maximum absolute atomic E-state index is 12.0. The molecule has 0 aliphatic rings. The number of carbonyl (C=O) groups excluding carboxylic acids is 3. The van der Waals surface area contributed by atoms with Crippen LogP contribution in [0, 0.1) is 0 Å². The molecule has 0 aliphatic carbocycles. The first-order chi connectivity index (χ1) is 11.5. The summed E-state index contributed by atoms with van der Waals surface area (Å²) in [5, 5.41) is 5.23. The molecule has 8 nitrogen and oxygen atoms in total. The lowest BCUT2D eigenvalue weighted by Gasteiger charge is -2.13. The van der Waals surface area contributed by atoms with Crippen LogP contribution in [-0.2, 0) is 14.3 Å². The van der Waals surface area contributed by atoms with Crippen molar-refractivity contribution in [1.29, 1.82) is 0 Å². The Bertz CT molecular complexity index is 732. The van der Waals surface area contributed by atoms with E-state index in [-0.39, 0.29) is 11.6 Å². The highest BCUT2D eigenvalue weighted by Gasteiger charge is 2.19.